The number of alkyl halides is 3. The van der Waals surface area contributed by atoms with Crippen LogP contribution in [0.4, 0.5) is 18.9 Å². The maximum absolute atomic E-state index is 14.5. The summed E-state index contributed by atoms with van der Waals surface area (Å²) in [5, 5.41) is 12.0. The van der Waals surface area contributed by atoms with Gasteiger partial charge in [-0.15, -0.1) is 10.2 Å². The minimum atomic E-state index is -4.59. The molecule has 2 heterocycles. The van der Waals surface area contributed by atoms with Crippen LogP contribution in [-0.2, 0) is 36.5 Å². The van der Waals surface area contributed by atoms with Gasteiger partial charge in [-0.05, 0) is 106 Å². The first-order valence-electron chi connectivity index (χ1n) is 16.0. The number of amides is 1. The van der Waals surface area contributed by atoms with Crippen LogP contribution in [0.25, 0.3) is 0 Å². The van der Waals surface area contributed by atoms with Crippen molar-refractivity contribution >= 4 is 11.6 Å². The van der Waals surface area contributed by atoms with Gasteiger partial charge < -0.3 is 24.3 Å². The number of hydrogen-bond acceptors (Lipinski definition) is 6. The van der Waals surface area contributed by atoms with Crippen molar-refractivity contribution in [3.8, 4) is 5.75 Å². The highest BCUT2D eigenvalue weighted by atomic mass is 19.4. The Morgan fingerprint density at radius 3 is 2.42 bits per heavy atom. The quantitative estimate of drug-likeness (QED) is 0.296. The van der Waals surface area contributed by atoms with Crippen molar-refractivity contribution in [2.24, 2.45) is 7.05 Å². The number of methoxy groups -OCH3 is 1. The molecule has 8 nitrogen and oxygen atoms in total. The summed E-state index contributed by atoms with van der Waals surface area (Å²) in [6.45, 7) is 2.19. The van der Waals surface area contributed by atoms with Crippen molar-refractivity contribution < 1.29 is 27.4 Å². The molecule has 0 bridgehead atoms. The number of carbonyl (C=O) groups is 1. The third kappa shape index (κ3) is 5.41. The Balaban J connectivity index is 1.28. The molecule has 1 aliphatic heterocycles. The average molecular weight is 624 g/mol. The highest BCUT2D eigenvalue weighted by molar-refractivity contribution is 6.10. The molecule has 0 radical (unpaired) electrons. The Hall–Kier alpha value is -3.44. The van der Waals surface area contributed by atoms with Gasteiger partial charge in [0, 0.05) is 43.6 Å². The molecular weight excluding hydrogens is 583 g/mol. The second-order valence-electron chi connectivity index (χ2n) is 13.7. The minimum absolute atomic E-state index is 0.0147. The Kier molecular flexibility index (Phi) is 7.47. The van der Waals surface area contributed by atoms with Crippen molar-refractivity contribution in [2.45, 2.75) is 107 Å². The number of aromatic nitrogens is 3. The summed E-state index contributed by atoms with van der Waals surface area (Å²) in [5.74, 6) is 0.940. The second-order valence-corrected chi connectivity index (χ2v) is 13.7. The van der Waals surface area contributed by atoms with Crippen LogP contribution < -0.4 is 15.0 Å². The van der Waals surface area contributed by atoms with Gasteiger partial charge in [0.1, 0.15) is 17.9 Å². The van der Waals surface area contributed by atoms with Crippen LogP contribution in [0, 0.1) is 0 Å². The highest BCUT2D eigenvalue weighted by Gasteiger charge is 2.51. The lowest BCUT2D eigenvalue weighted by Crippen LogP contribution is -2.48. The van der Waals surface area contributed by atoms with E-state index in [2.05, 4.69) is 22.4 Å². The lowest BCUT2D eigenvalue weighted by molar-refractivity contribution is -0.138. The van der Waals surface area contributed by atoms with E-state index in [9.17, 15) is 18.0 Å². The SMILES string of the molecule is CO[C@H]1C[C@@](c2cc(OC3CCCC3)cc(N3Cc4c(cc(CNC5(C)CCC5)cc4C(F)(F)F)C3=O)c2)(c2nncn2C)C1. The van der Waals surface area contributed by atoms with E-state index in [1.54, 1.807) is 25.6 Å². The number of rotatable bonds is 9. The summed E-state index contributed by atoms with van der Waals surface area (Å²) >= 11 is 0. The molecule has 1 amide bonds. The van der Waals surface area contributed by atoms with E-state index in [0.29, 0.717) is 29.8 Å². The number of carbonyl (C=O) groups excluding carboxylic acids is 1. The Labute approximate surface area is 261 Å². The summed E-state index contributed by atoms with van der Waals surface area (Å²) in [5.41, 5.74) is 0.614. The first-order valence-corrected chi connectivity index (χ1v) is 16.0. The molecule has 0 spiro atoms. The highest BCUT2D eigenvalue weighted by Crippen LogP contribution is 2.51. The molecule has 1 N–H and O–H groups in total. The van der Waals surface area contributed by atoms with Gasteiger partial charge in [-0.1, -0.05) is 0 Å². The monoisotopic (exact) mass is 623 g/mol. The molecule has 4 aliphatic rings. The van der Waals surface area contributed by atoms with E-state index < -0.39 is 23.1 Å². The lowest BCUT2D eigenvalue weighted by Gasteiger charge is -2.46. The molecule has 0 atom stereocenters. The topological polar surface area (TPSA) is 81.5 Å². The number of nitrogens with zero attached hydrogens (tertiary/aromatic N) is 4. The number of aryl methyl sites for hydroxylation is 1. The zero-order valence-corrected chi connectivity index (χ0v) is 26.0. The standard InChI is InChI=1S/C34H40F3N5O3/c1-32(9-6-10-32)38-18-21-11-27-28(29(12-21)34(35,36)37)19-42(30(27)43)23-13-22(14-25(15-23)45-24-7-4-5-8-24)33(16-26(17-33)44-3)31-40-39-20-41(31)2/h11-15,20,24,26,38H,4-10,16-19H2,1-3H3/t26-,33+. The summed E-state index contributed by atoms with van der Waals surface area (Å²) in [6.07, 6.45) is 5.60. The summed E-state index contributed by atoms with van der Waals surface area (Å²) < 4.78 is 57.4. The van der Waals surface area contributed by atoms with E-state index >= 15 is 0 Å². The molecule has 2 aromatic carbocycles. The predicted octanol–water partition coefficient (Wildman–Crippen LogP) is 6.44. The van der Waals surface area contributed by atoms with E-state index in [1.165, 1.54) is 11.0 Å². The molecular formula is C34H40F3N5O3. The van der Waals surface area contributed by atoms with Crippen molar-refractivity contribution in [3.63, 3.8) is 0 Å². The smallest absolute Gasteiger partial charge is 0.416 e. The van der Waals surface area contributed by atoms with Crippen LogP contribution in [-0.4, -0.2) is 45.5 Å². The molecule has 240 valence electrons. The fraction of sp³-hybridized carbons (Fsp3) is 0.559. The molecule has 7 rings (SSSR count). The van der Waals surface area contributed by atoms with Crippen LogP contribution in [0.2, 0.25) is 0 Å². The fourth-order valence-corrected chi connectivity index (χ4v) is 7.66. The first kappa shape index (κ1) is 30.2. The number of ether oxygens (including phenoxy) is 2. The Morgan fingerprint density at radius 1 is 1.04 bits per heavy atom. The molecule has 11 heteroatoms. The van der Waals surface area contributed by atoms with Crippen LogP contribution >= 0.6 is 0 Å². The Bertz CT molecular complexity index is 1600. The third-order valence-corrected chi connectivity index (χ3v) is 10.6. The second kappa shape index (κ2) is 11.1. The number of halogens is 3. The number of anilines is 1. The summed E-state index contributed by atoms with van der Waals surface area (Å²) in [6, 6.07) is 8.56. The van der Waals surface area contributed by atoms with Crippen molar-refractivity contribution in [1.82, 2.24) is 20.1 Å². The fourth-order valence-electron chi connectivity index (χ4n) is 7.66. The molecule has 45 heavy (non-hydrogen) atoms. The minimum Gasteiger partial charge on any atom is -0.490 e. The number of hydrogen-bond donors (Lipinski definition) is 1. The lowest BCUT2D eigenvalue weighted by atomic mass is 9.62. The molecule has 1 aromatic heterocycles. The van der Waals surface area contributed by atoms with Crippen molar-refractivity contribution in [1.29, 1.82) is 0 Å². The van der Waals surface area contributed by atoms with E-state index in [-0.39, 0.29) is 42.0 Å². The molecule has 3 saturated carbocycles. The van der Waals surface area contributed by atoms with Gasteiger partial charge in [0.15, 0.2) is 0 Å². The third-order valence-electron chi connectivity index (χ3n) is 10.6. The summed E-state index contributed by atoms with van der Waals surface area (Å²) in [4.78, 5) is 15.5. The maximum atomic E-state index is 14.5. The molecule has 0 saturated heterocycles. The van der Waals surface area contributed by atoms with E-state index in [0.717, 1.165) is 56.3 Å². The van der Waals surface area contributed by atoms with Gasteiger partial charge in [0.2, 0.25) is 0 Å². The first-order chi connectivity index (χ1) is 21.5. The Morgan fingerprint density at radius 2 is 1.80 bits per heavy atom. The zero-order chi connectivity index (χ0) is 31.6. The largest absolute Gasteiger partial charge is 0.490 e. The van der Waals surface area contributed by atoms with Crippen LogP contribution in [0.15, 0.2) is 36.7 Å². The van der Waals surface area contributed by atoms with Gasteiger partial charge >= 0.3 is 6.18 Å². The van der Waals surface area contributed by atoms with E-state index in [1.807, 2.05) is 23.7 Å². The van der Waals surface area contributed by atoms with Gasteiger partial charge in [-0.3, -0.25) is 4.79 Å². The van der Waals surface area contributed by atoms with Gasteiger partial charge in [-0.25, -0.2) is 0 Å². The molecule has 3 fully saturated rings. The van der Waals surface area contributed by atoms with E-state index in [4.69, 9.17) is 9.47 Å². The normalized spacial score (nSPS) is 24.4. The average Bonchev–Trinajstić information content (AvgIpc) is 3.71. The molecule has 0 unspecified atom stereocenters. The number of nitrogens with one attached hydrogen (secondary N) is 1. The van der Waals surface area contributed by atoms with Gasteiger partial charge in [0.25, 0.3) is 5.91 Å². The summed E-state index contributed by atoms with van der Waals surface area (Å²) in [7, 11) is 3.58. The number of benzene rings is 2. The molecule has 3 aromatic rings. The predicted molar refractivity (Wildman–Crippen MR) is 162 cm³/mol. The number of fused-ring (bicyclic) bond motifs is 1. The van der Waals surface area contributed by atoms with Crippen LogP contribution in [0.3, 0.4) is 0 Å². The zero-order valence-electron chi connectivity index (χ0n) is 26.0. The molecule has 3 aliphatic carbocycles. The van der Waals surface area contributed by atoms with Crippen LogP contribution in [0.1, 0.15) is 103 Å². The maximum Gasteiger partial charge on any atom is 0.416 e. The van der Waals surface area contributed by atoms with Crippen molar-refractivity contribution in [2.75, 3.05) is 12.0 Å². The van der Waals surface area contributed by atoms with Crippen molar-refractivity contribution in [3.05, 3.63) is 70.3 Å². The van der Waals surface area contributed by atoms with Crippen LogP contribution in [0.5, 0.6) is 5.75 Å². The van der Waals surface area contributed by atoms with Gasteiger partial charge in [0.05, 0.1) is 29.7 Å². The van der Waals surface area contributed by atoms with Gasteiger partial charge in [-0.2, -0.15) is 13.2 Å².